The van der Waals surface area contributed by atoms with Crippen molar-refractivity contribution < 1.29 is 4.74 Å². The van der Waals surface area contributed by atoms with E-state index >= 15 is 0 Å². The highest BCUT2D eigenvalue weighted by Gasteiger charge is 2.07. The highest BCUT2D eigenvalue weighted by Crippen LogP contribution is 2.11. The van der Waals surface area contributed by atoms with Crippen LogP contribution in [0, 0.1) is 0 Å². The molecule has 0 radical (unpaired) electrons. The van der Waals surface area contributed by atoms with Crippen LogP contribution in [0.1, 0.15) is 18.5 Å². The van der Waals surface area contributed by atoms with E-state index in [0.29, 0.717) is 6.04 Å². The van der Waals surface area contributed by atoms with Crippen molar-refractivity contribution in [1.82, 2.24) is 5.32 Å². The largest absolute Gasteiger partial charge is 0.383 e. The molecule has 2 nitrogen and oxygen atoms in total. The fraction of sp³-hybridized carbons (Fsp3) is 0.455. The van der Waals surface area contributed by atoms with E-state index in [1.807, 2.05) is 6.07 Å². The second-order valence-corrected chi connectivity index (χ2v) is 2.98. The number of nitrogens with one attached hydrogen (secondary N) is 1. The number of hydrogen-bond acceptors (Lipinski definition) is 2. The first-order valence-electron chi connectivity index (χ1n) is 4.65. The SMILES string of the molecule is CCN[C@@H](COC)c1ccccc1. The number of hydrogen-bond donors (Lipinski definition) is 1. The Morgan fingerprint density at radius 3 is 2.54 bits per heavy atom. The zero-order chi connectivity index (χ0) is 9.52. The monoisotopic (exact) mass is 179 g/mol. The third-order valence-corrected chi connectivity index (χ3v) is 1.99. The molecular weight excluding hydrogens is 162 g/mol. The molecule has 1 aromatic rings. The van der Waals surface area contributed by atoms with Crippen LogP contribution in [0.2, 0.25) is 0 Å². The Labute approximate surface area is 79.9 Å². The summed E-state index contributed by atoms with van der Waals surface area (Å²) in [7, 11) is 1.73. The van der Waals surface area contributed by atoms with Gasteiger partial charge in [0, 0.05) is 7.11 Å². The van der Waals surface area contributed by atoms with E-state index in [1.165, 1.54) is 5.56 Å². The third kappa shape index (κ3) is 3.17. The molecule has 1 atom stereocenters. The van der Waals surface area contributed by atoms with Crippen LogP contribution in [0.25, 0.3) is 0 Å². The van der Waals surface area contributed by atoms with Crippen molar-refractivity contribution in [2.75, 3.05) is 20.3 Å². The molecule has 0 spiro atoms. The smallest absolute Gasteiger partial charge is 0.0657 e. The average Bonchev–Trinajstić information content (AvgIpc) is 2.19. The molecule has 0 aromatic heterocycles. The van der Waals surface area contributed by atoms with E-state index in [9.17, 15) is 0 Å². The summed E-state index contributed by atoms with van der Waals surface area (Å²) in [6.45, 7) is 3.78. The molecule has 1 aromatic carbocycles. The summed E-state index contributed by atoms with van der Waals surface area (Å²) >= 11 is 0. The Morgan fingerprint density at radius 1 is 1.31 bits per heavy atom. The topological polar surface area (TPSA) is 21.3 Å². The molecule has 0 heterocycles. The summed E-state index contributed by atoms with van der Waals surface area (Å²) in [5.41, 5.74) is 1.28. The van der Waals surface area contributed by atoms with Crippen molar-refractivity contribution in [2.24, 2.45) is 0 Å². The first-order valence-corrected chi connectivity index (χ1v) is 4.65. The summed E-state index contributed by atoms with van der Waals surface area (Å²) < 4.78 is 5.15. The van der Waals surface area contributed by atoms with Gasteiger partial charge in [-0.05, 0) is 12.1 Å². The molecule has 0 fully saturated rings. The maximum Gasteiger partial charge on any atom is 0.0657 e. The number of benzene rings is 1. The van der Waals surface area contributed by atoms with Gasteiger partial charge in [-0.15, -0.1) is 0 Å². The zero-order valence-electron chi connectivity index (χ0n) is 8.29. The lowest BCUT2D eigenvalue weighted by molar-refractivity contribution is 0.168. The lowest BCUT2D eigenvalue weighted by atomic mass is 10.1. The number of rotatable bonds is 5. The molecule has 0 amide bonds. The van der Waals surface area contributed by atoms with Crippen LogP contribution in [0.4, 0.5) is 0 Å². The molecule has 0 saturated carbocycles. The van der Waals surface area contributed by atoms with Crippen molar-refractivity contribution in [2.45, 2.75) is 13.0 Å². The summed E-state index contributed by atoms with van der Waals surface area (Å²) in [6.07, 6.45) is 0. The maximum atomic E-state index is 5.15. The number of likely N-dealkylation sites (N-methyl/N-ethyl adjacent to an activating group) is 1. The summed E-state index contributed by atoms with van der Waals surface area (Å²) in [4.78, 5) is 0. The Hall–Kier alpha value is -0.860. The Balaban J connectivity index is 2.64. The minimum Gasteiger partial charge on any atom is -0.383 e. The molecule has 1 N–H and O–H groups in total. The Morgan fingerprint density at radius 2 is 2.00 bits per heavy atom. The lowest BCUT2D eigenvalue weighted by Gasteiger charge is -2.16. The fourth-order valence-electron chi connectivity index (χ4n) is 1.37. The molecule has 1 rings (SSSR count). The normalized spacial score (nSPS) is 12.8. The van der Waals surface area contributed by atoms with Crippen molar-refractivity contribution >= 4 is 0 Å². The molecular formula is C11H17NO. The first-order chi connectivity index (χ1) is 6.38. The quantitative estimate of drug-likeness (QED) is 0.746. The van der Waals surface area contributed by atoms with Crippen molar-refractivity contribution in [3.05, 3.63) is 35.9 Å². The molecule has 0 unspecified atom stereocenters. The van der Waals surface area contributed by atoms with Gasteiger partial charge >= 0.3 is 0 Å². The van der Waals surface area contributed by atoms with Gasteiger partial charge in [-0.2, -0.15) is 0 Å². The van der Waals surface area contributed by atoms with E-state index in [0.717, 1.165) is 13.2 Å². The van der Waals surface area contributed by atoms with Crippen LogP contribution in [0.5, 0.6) is 0 Å². The van der Waals surface area contributed by atoms with Gasteiger partial charge in [0.25, 0.3) is 0 Å². The highest BCUT2D eigenvalue weighted by molar-refractivity contribution is 5.18. The van der Waals surface area contributed by atoms with Gasteiger partial charge in [-0.3, -0.25) is 0 Å². The Bertz CT molecular complexity index is 217. The molecule has 0 saturated heterocycles. The van der Waals surface area contributed by atoms with Gasteiger partial charge in [0.2, 0.25) is 0 Å². The predicted octanol–water partition coefficient (Wildman–Crippen LogP) is 1.98. The summed E-state index contributed by atoms with van der Waals surface area (Å²) in [6, 6.07) is 10.7. The lowest BCUT2D eigenvalue weighted by Crippen LogP contribution is -2.24. The van der Waals surface area contributed by atoms with Crippen LogP contribution in [0.3, 0.4) is 0 Å². The predicted molar refractivity (Wildman–Crippen MR) is 54.7 cm³/mol. The van der Waals surface area contributed by atoms with Crippen molar-refractivity contribution in [3.63, 3.8) is 0 Å². The van der Waals surface area contributed by atoms with E-state index in [-0.39, 0.29) is 0 Å². The van der Waals surface area contributed by atoms with Gasteiger partial charge in [0.15, 0.2) is 0 Å². The number of ether oxygens (including phenoxy) is 1. The van der Waals surface area contributed by atoms with Gasteiger partial charge in [-0.25, -0.2) is 0 Å². The molecule has 2 heteroatoms. The van der Waals surface area contributed by atoms with E-state index in [1.54, 1.807) is 7.11 Å². The van der Waals surface area contributed by atoms with Gasteiger partial charge in [0.05, 0.1) is 12.6 Å². The van der Waals surface area contributed by atoms with Crippen LogP contribution >= 0.6 is 0 Å². The summed E-state index contributed by atoms with van der Waals surface area (Å²) in [5.74, 6) is 0. The van der Waals surface area contributed by atoms with E-state index in [4.69, 9.17) is 4.74 Å². The molecule has 0 aliphatic heterocycles. The maximum absolute atomic E-state index is 5.15. The van der Waals surface area contributed by atoms with Crippen LogP contribution in [-0.2, 0) is 4.74 Å². The average molecular weight is 179 g/mol. The van der Waals surface area contributed by atoms with Gasteiger partial charge < -0.3 is 10.1 Å². The Kier molecular flexibility index (Phi) is 4.50. The van der Waals surface area contributed by atoms with E-state index < -0.39 is 0 Å². The zero-order valence-corrected chi connectivity index (χ0v) is 8.29. The first kappa shape index (κ1) is 10.2. The molecule has 13 heavy (non-hydrogen) atoms. The molecule has 72 valence electrons. The van der Waals surface area contributed by atoms with Crippen LogP contribution in [-0.4, -0.2) is 20.3 Å². The summed E-state index contributed by atoms with van der Waals surface area (Å²) in [5, 5.41) is 3.37. The fourth-order valence-corrected chi connectivity index (χ4v) is 1.37. The second-order valence-electron chi connectivity index (χ2n) is 2.98. The van der Waals surface area contributed by atoms with Crippen LogP contribution in [0.15, 0.2) is 30.3 Å². The molecule has 0 bridgehead atoms. The van der Waals surface area contributed by atoms with E-state index in [2.05, 4.69) is 36.5 Å². The minimum absolute atomic E-state index is 0.316. The van der Waals surface area contributed by atoms with Gasteiger partial charge in [-0.1, -0.05) is 37.3 Å². The van der Waals surface area contributed by atoms with Crippen LogP contribution < -0.4 is 5.32 Å². The van der Waals surface area contributed by atoms with Crippen molar-refractivity contribution in [3.8, 4) is 0 Å². The standard InChI is InChI=1S/C11H17NO/c1-3-12-11(9-13-2)10-7-5-4-6-8-10/h4-8,11-12H,3,9H2,1-2H3/t11-/m0/s1. The second kappa shape index (κ2) is 5.73. The van der Waals surface area contributed by atoms with Crippen molar-refractivity contribution in [1.29, 1.82) is 0 Å². The molecule has 0 aliphatic carbocycles. The highest BCUT2D eigenvalue weighted by atomic mass is 16.5. The number of methoxy groups -OCH3 is 1. The third-order valence-electron chi connectivity index (χ3n) is 1.99. The molecule has 0 aliphatic rings. The minimum atomic E-state index is 0.316. The van der Waals surface area contributed by atoms with Gasteiger partial charge in [0.1, 0.15) is 0 Å².